The summed E-state index contributed by atoms with van der Waals surface area (Å²) in [4.78, 5) is 22.7. The molecule has 114 valence electrons. The lowest BCUT2D eigenvalue weighted by atomic mass is 9.99. The van der Waals surface area contributed by atoms with E-state index in [1.165, 1.54) is 18.2 Å². The van der Waals surface area contributed by atoms with E-state index in [1.54, 1.807) is 0 Å². The molecule has 0 unspecified atom stereocenters. The molecule has 1 aromatic rings. The van der Waals surface area contributed by atoms with Gasteiger partial charge in [-0.25, -0.2) is 4.79 Å². The maximum absolute atomic E-state index is 12.9. The molecule has 1 atom stereocenters. The van der Waals surface area contributed by atoms with Gasteiger partial charge >= 0.3 is 12.1 Å². The number of amides is 1. The van der Waals surface area contributed by atoms with Crippen LogP contribution in [0.5, 0.6) is 0 Å². The number of nitrogens with one attached hydrogen (secondary N) is 1. The van der Waals surface area contributed by atoms with Crippen LogP contribution in [0.1, 0.15) is 24.0 Å². The van der Waals surface area contributed by atoms with E-state index in [4.69, 9.17) is 5.11 Å². The highest BCUT2D eigenvalue weighted by atomic mass is 19.4. The van der Waals surface area contributed by atoms with Gasteiger partial charge in [0.2, 0.25) is 5.91 Å². The molecular weight excluding hydrogens is 287 g/mol. The normalized spacial score (nSPS) is 16.3. The molecule has 1 aromatic carbocycles. The van der Waals surface area contributed by atoms with Crippen molar-refractivity contribution < 1.29 is 27.9 Å². The predicted molar refractivity (Wildman–Crippen MR) is 67.4 cm³/mol. The number of benzene rings is 1. The first-order valence-electron chi connectivity index (χ1n) is 6.47. The quantitative estimate of drug-likeness (QED) is 0.876. The number of halogens is 3. The molecule has 1 fully saturated rings. The fraction of sp³-hybridized carbons (Fsp3) is 0.429. The van der Waals surface area contributed by atoms with Crippen LogP contribution in [-0.2, 0) is 22.2 Å². The summed E-state index contributed by atoms with van der Waals surface area (Å²) >= 11 is 0. The summed E-state index contributed by atoms with van der Waals surface area (Å²) in [7, 11) is 0. The van der Waals surface area contributed by atoms with Crippen LogP contribution in [0.3, 0.4) is 0 Å². The maximum Gasteiger partial charge on any atom is 0.416 e. The number of alkyl halides is 3. The molecule has 1 amide bonds. The summed E-state index contributed by atoms with van der Waals surface area (Å²) in [6.45, 7) is 0. The van der Waals surface area contributed by atoms with Gasteiger partial charge in [-0.05, 0) is 24.5 Å². The van der Waals surface area contributed by atoms with Gasteiger partial charge in [-0.3, -0.25) is 4.79 Å². The molecule has 0 aliphatic heterocycles. The number of rotatable bonds is 5. The van der Waals surface area contributed by atoms with Crippen LogP contribution < -0.4 is 5.32 Å². The highest BCUT2D eigenvalue weighted by Gasteiger charge is 2.36. The van der Waals surface area contributed by atoms with Gasteiger partial charge in [0, 0.05) is 12.3 Å². The Morgan fingerprint density at radius 1 is 1.29 bits per heavy atom. The van der Waals surface area contributed by atoms with Crippen LogP contribution in [0.15, 0.2) is 24.3 Å². The highest BCUT2D eigenvalue weighted by Crippen LogP contribution is 2.33. The number of hydrogen-bond donors (Lipinski definition) is 2. The van der Waals surface area contributed by atoms with Gasteiger partial charge in [-0.2, -0.15) is 13.2 Å². The largest absolute Gasteiger partial charge is 0.480 e. The minimum absolute atomic E-state index is 0.145. The van der Waals surface area contributed by atoms with Gasteiger partial charge in [-0.1, -0.05) is 18.2 Å². The fourth-order valence-corrected chi connectivity index (χ4v) is 2.03. The summed E-state index contributed by atoms with van der Waals surface area (Å²) in [6, 6.07) is 3.41. The molecule has 4 nitrogen and oxygen atoms in total. The first kappa shape index (κ1) is 15.3. The SMILES string of the molecule is O=C(N[C@H](Cc1ccccc1C(F)(F)F)C(=O)O)C1CC1. The second-order valence-electron chi connectivity index (χ2n) is 5.03. The third-order valence-electron chi connectivity index (χ3n) is 3.31. The Balaban J connectivity index is 2.17. The van der Waals surface area contributed by atoms with Crippen LogP contribution in [0.2, 0.25) is 0 Å². The Bertz CT molecular complexity index is 553. The van der Waals surface area contributed by atoms with E-state index in [0.717, 1.165) is 6.07 Å². The van der Waals surface area contributed by atoms with Crippen molar-refractivity contribution >= 4 is 11.9 Å². The zero-order chi connectivity index (χ0) is 15.6. The molecule has 1 aliphatic carbocycles. The molecule has 0 radical (unpaired) electrons. The van der Waals surface area contributed by atoms with E-state index in [-0.39, 0.29) is 11.5 Å². The monoisotopic (exact) mass is 301 g/mol. The van der Waals surface area contributed by atoms with Gasteiger partial charge in [0.1, 0.15) is 6.04 Å². The van der Waals surface area contributed by atoms with Crippen molar-refractivity contribution in [1.29, 1.82) is 0 Å². The van der Waals surface area contributed by atoms with Crippen LogP contribution in [-0.4, -0.2) is 23.0 Å². The molecule has 2 rings (SSSR count). The topological polar surface area (TPSA) is 66.4 Å². The second-order valence-corrected chi connectivity index (χ2v) is 5.03. The molecule has 1 saturated carbocycles. The van der Waals surface area contributed by atoms with Crippen LogP contribution in [0.25, 0.3) is 0 Å². The minimum Gasteiger partial charge on any atom is -0.480 e. The molecule has 0 spiro atoms. The number of carbonyl (C=O) groups excluding carboxylic acids is 1. The van der Waals surface area contributed by atoms with E-state index in [2.05, 4.69) is 5.32 Å². The lowest BCUT2D eigenvalue weighted by molar-refractivity contribution is -0.143. The summed E-state index contributed by atoms with van der Waals surface area (Å²) in [5.74, 6) is -1.96. The van der Waals surface area contributed by atoms with Crippen LogP contribution >= 0.6 is 0 Å². The van der Waals surface area contributed by atoms with Crippen molar-refractivity contribution in [2.75, 3.05) is 0 Å². The third-order valence-corrected chi connectivity index (χ3v) is 3.31. The zero-order valence-corrected chi connectivity index (χ0v) is 11.0. The van der Waals surface area contributed by atoms with Crippen molar-refractivity contribution in [3.8, 4) is 0 Å². The molecule has 0 bridgehead atoms. The van der Waals surface area contributed by atoms with Crippen molar-refractivity contribution in [1.82, 2.24) is 5.32 Å². The van der Waals surface area contributed by atoms with Gasteiger partial charge in [-0.15, -0.1) is 0 Å². The molecule has 0 heterocycles. The second kappa shape index (κ2) is 5.75. The summed E-state index contributed by atoms with van der Waals surface area (Å²) in [6.07, 6.45) is -3.57. The zero-order valence-electron chi connectivity index (χ0n) is 11.0. The fourth-order valence-electron chi connectivity index (χ4n) is 2.03. The molecule has 21 heavy (non-hydrogen) atoms. The summed E-state index contributed by atoms with van der Waals surface area (Å²) in [5, 5.41) is 11.4. The van der Waals surface area contributed by atoms with E-state index in [1.807, 2.05) is 0 Å². The minimum atomic E-state index is -4.56. The third kappa shape index (κ3) is 3.96. The number of hydrogen-bond acceptors (Lipinski definition) is 2. The van der Waals surface area contributed by atoms with Gasteiger partial charge in [0.25, 0.3) is 0 Å². The predicted octanol–water partition coefficient (Wildman–Crippen LogP) is 2.23. The maximum atomic E-state index is 12.9. The Kier molecular flexibility index (Phi) is 4.20. The first-order chi connectivity index (χ1) is 9.79. The lowest BCUT2D eigenvalue weighted by Gasteiger charge is -2.18. The van der Waals surface area contributed by atoms with E-state index < -0.39 is 36.1 Å². The van der Waals surface area contributed by atoms with Crippen molar-refractivity contribution in [2.45, 2.75) is 31.5 Å². The average molecular weight is 301 g/mol. The molecular formula is C14H14F3NO3. The van der Waals surface area contributed by atoms with Gasteiger partial charge in [0.05, 0.1) is 5.56 Å². The average Bonchev–Trinajstić information content (AvgIpc) is 3.21. The summed E-state index contributed by atoms with van der Waals surface area (Å²) in [5.41, 5.74) is -1.02. The Labute approximate surface area is 119 Å². The smallest absolute Gasteiger partial charge is 0.416 e. The van der Waals surface area contributed by atoms with E-state index in [0.29, 0.717) is 12.8 Å². The van der Waals surface area contributed by atoms with Gasteiger partial charge < -0.3 is 10.4 Å². The Hall–Kier alpha value is -2.05. The Morgan fingerprint density at radius 2 is 1.90 bits per heavy atom. The van der Waals surface area contributed by atoms with Crippen molar-refractivity contribution in [2.24, 2.45) is 5.92 Å². The van der Waals surface area contributed by atoms with Crippen LogP contribution in [0.4, 0.5) is 13.2 Å². The lowest BCUT2D eigenvalue weighted by Crippen LogP contribution is -2.43. The standard InChI is InChI=1S/C14H14F3NO3/c15-14(16,17)10-4-2-1-3-9(10)7-11(13(20)21)18-12(19)8-5-6-8/h1-4,8,11H,5-7H2,(H,18,19)(H,20,21)/t11-/m1/s1. The highest BCUT2D eigenvalue weighted by molar-refractivity contribution is 5.86. The van der Waals surface area contributed by atoms with E-state index in [9.17, 15) is 22.8 Å². The Morgan fingerprint density at radius 3 is 2.43 bits per heavy atom. The molecule has 0 saturated heterocycles. The number of carbonyl (C=O) groups is 2. The first-order valence-corrected chi connectivity index (χ1v) is 6.47. The number of carboxylic acid groups (broad SMARTS) is 1. The molecule has 1 aliphatic rings. The molecule has 0 aromatic heterocycles. The number of aliphatic carboxylic acids is 1. The summed E-state index contributed by atoms with van der Waals surface area (Å²) < 4.78 is 38.6. The van der Waals surface area contributed by atoms with Crippen molar-refractivity contribution in [3.63, 3.8) is 0 Å². The van der Waals surface area contributed by atoms with Gasteiger partial charge in [0.15, 0.2) is 0 Å². The number of carboxylic acids is 1. The molecule has 2 N–H and O–H groups in total. The van der Waals surface area contributed by atoms with Crippen molar-refractivity contribution in [3.05, 3.63) is 35.4 Å². The molecule has 7 heteroatoms. The van der Waals surface area contributed by atoms with Crippen LogP contribution in [0, 0.1) is 5.92 Å². The van der Waals surface area contributed by atoms with E-state index >= 15 is 0 Å².